The van der Waals surface area contributed by atoms with Gasteiger partial charge in [-0.25, -0.2) is 4.68 Å². The van der Waals surface area contributed by atoms with Gasteiger partial charge in [-0.05, 0) is 48.4 Å². The zero-order valence-corrected chi connectivity index (χ0v) is 15.1. The maximum absolute atomic E-state index is 12.4. The van der Waals surface area contributed by atoms with Gasteiger partial charge in [0.15, 0.2) is 0 Å². The smallest absolute Gasteiger partial charge is 0.497 e. The molecule has 4 rings (SSSR count). The summed E-state index contributed by atoms with van der Waals surface area (Å²) in [5, 5.41) is 8.02. The molecule has 1 aliphatic heterocycles. The highest BCUT2D eigenvalue weighted by molar-refractivity contribution is 5.58. The first-order valence-electron chi connectivity index (χ1n) is 8.77. The molecule has 1 N–H and O–H groups in total. The molecular formula is C20H18F3N3O2. The first-order valence-corrected chi connectivity index (χ1v) is 8.77. The third-order valence-electron chi connectivity index (χ3n) is 4.55. The summed E-state index contributed by atoms with van der Waals surface area (Å²) in [6.07, 6.45) is -3.21. The van der Waals surface area contributed by atoms with Crippen molar-refractivity contribution in [3.05, 3.63) is 65.4 Å². The Bertz CT molecular complexity index is 981. The maximum atomic E-state index is 12.4. The summed E-state index contributed by atoms with van der Waals surface area (Å²) in [5.41, 5.74) is 3.80. The van der Waals surface area contributed by atoms with Crippen molar-refractivity contribution in [1.29, 1.82) is 0 Å². The minimum Gasteiger partial charge on any atom is -0.497 e. The number of ether oxygens (including phenoxy) is 2. The largest absolute Gasteiger partial charge is 0.573 e. The Morgan fingerprint density at radius 2 is 1.89 bits per heavy atom. The number of alkyl halides is 3. The highest BCUT2D eigenvalue weighted by Crippen LogP contribution is 2.31. The van der Waals surface area contributed by atoms with Crippen LogP contribution in [0.5, 0.6) is 11.5 Å². The van der Waals surface area contributed by atoms with Crippen LogP contribution in [0.25, 0.3) is 5.69 Å². The Labute approximate surface area is 159 Å². The van der Waals surface area contributed by atoms with Crippen molar-refractivity contribution in [1.82, 2.24) is 9.78 Å². The molecule has 3 aromatic rings. The average molecular weight is 389 g/mol. The number of nitrogens with one attached hydrogen (secondary N) is 1. The fraction of sp³-hybridized carbons (Fsp3) is 0.250. The second-order valence-corrected chi connectivity index (χ2v) is 6.43. The molecule has 0 radical (unpaired) electrons. The molecule has 2 aromatic carbocycles. The van der Waals surface area contributed by atoms with Gasteiger partial charge in [-0.2, -0.15) is 5.10 Å². The fourth-order valence-electron chi connectivity index (χ4n) is 3.34. The fourth-order valence-corrected chi connectivity index (χ4v) is 3.34. The number of benzene rings is 2. The number of fused-ring (bicyclic) bond motifs is 1. The Kier molecular flexibility index (Phi) is 4.62. The lowest BCUT2D eigenvalue weighted by molar-refractivity contribution is -0.274. The molecule has 0 bridgehead atoms. The van der Waals surface area contributed by atoms with Crippen molar-refractivity contribution >= 4 is 5.82 Å². The highest BCUT2D eigenvalue weighted by atomic mass is 19.4. The topological polar surface area (TPSA) is 48.3 Å². The molecule has 0 spiro atoms. The lowest BCUT2D eigenvalue weighted by Gasteiger charge is -2.10. The lowest BCUT2D eigenvalue weighted by atomic mass is 10.1. The van der Waals surface area contributed by atoms with Crippen molar-refractivity contribution in [2.45, 2.75) is 19.2 Å². The number of hydrogen-bond donors (Lipinski definition) is 1. The van der Waals surface area contributed by atoms with Crippen LogP contribution in [0.1, 0.15) is 16.8 Å². The molecule has 0 unspecified atom stereocenters. The van der Waals surface area contributed by atoms with E-state index in [-0.39, 0.29) is 5.75 Å². The number of aromatic nitrogens is 2. The van der Waals surface area contributed by atoms with Gasteiger partial charge in [0, 0.05) is 18.5 Å². The predicted octanol–water partition coefficient (Wildman–Crippen LogP) is 4.34. The van der Waals surface area contributed by atoms with Gasteiger partial charge in [0.25, 0.3) is 0 Å². The van der Waals surface area contributed by atoms with Gasteiger partial charge >= 0.3 is 6.36 Å². The highest BCUT2D eigenvalue weighted by Gasteiger charge is 2.31. The standard InChI is InChI=1S/C20H18F3N3O2/c1-27-16-4-2-3-13(11-16)12-18-17-9-10-24-19(17)26(25-18)14-5-7-15(8-6-14)28-20(21,22)23/h2-8,11,24H,9-10,12H2,1H3. The van der Waals surface area contributed by atoms with Crippen LogP contribution in [0.15, 0.2) is 48.5 Å². The number of methoxy groups -OCH3 is 1. The van der Waals surface area contributed by atoms with Gasteiger partial charge in [-0.1, -0.05) is 12.1 Å². The van der Waals surface area contributed by atoms with Crippen LogP contribution in [0.3, 0.4) is 0 Å². The summed E-state index contributed by atoms with van der Waals surface area (Å²) in [7, 11) is 1.63. The molecule has 2 heterocycles. The van der Waals surface area contributed by atoms with E-state index in [0.717, 1.165) is 41.4 Å². The third-order valence-corrected chi connectivity index (χ3v) is 4.55. The second kappa shape index (κ2) is 7.10. The molecule has 0 saturated carbocycles. The quantitative estimate of drug-likeness (QED) is 0.705. The Balaban J connectivity index is 1.63. The van der Waals surface area contributed by atoms with Crippen molar-refractivity contribution in [3.8, 4) is 17.2 Å². The van der Waals surface area contributed by atoms with Crippen LogP contribution in [0.4, 0.5) is 19.0 Å². The molecule has 5 nitrogen and oxygen atoms in total. The SMILES string of the molecule is COc1cccc(Cc2nn(-c3ccc(OC(F)(F)F)cc3)c3c2CCN3)c1. The zero-order valence-electron chi connectivity index (χ0n) is 15.1. The molecule has 0 amide bonds. The van der Waals surface area contributed by atoms with Gasteiger partial charge < -0.3 is 14.8 Å². The van der Waals surface area contributed by atoms with Crippen molar-refractivity contribution in [2.75, 3.05) is 19.0 Å². The summed E-state index contributed by atoms with van der Waals surface area (Å²) in [4.78, 5) is 0. The molecule has 0 saturated heterocycles. The van der Waals surface area contributed by atoms with Crippen LogP contribution in [-0.4, -0.2) is 29.8 Å². The van der Waals surface area contributed by atoms with E-state index in [4.69, 9.17) is 9.84 Å². The lowest BCUT2D eigenvalue weighted by Crippen LogP contribution is -2.17. The number of rotatable bonds is 5. The van der Waals surface area contributed by atoms with Gasteiger partial charge in [0.1, 0.15) is 17.3 Å². The molecule has 0 aliphatic carbocycles. The number of anilines is 1. The van der Waals surface area contributed by atoms with Crippen LogP contribution in [0.2, 0.25) is 0 Å². The summed E-state index contributed by atoms with van der Waals surface area (Å²) < 4.78 is 48.0. The second-order valence-electron chi connectivity index (χ2n) is 6.43. The minimum atomic E-state index is -4.71. The van der Waals surface area contributed by atoms with Crippen molar-refractivity contribution in [2.24, 2.45) is 0 Å². The normalized spacial score (nSPS) is 13.1. The zero-order chi connectivity index (χ0) is 19.7. The predicted molar refractivity (Wildman–Crippen MR) is 98.2 cm³/mol. The van der Waals surface area contributed by atoms with Crippen molar-refractivity contribution < 1.29 is 22.6 Å². The molecule has 1 aliphatic rings. The summed E-state index contributed by atoms with van der Waals surface area (Å²) in [6.45, 7) is 0.799. The van der Waals surface area contributed by atoms with Gasteiger partial charge in [0.05, 0.1) is 18.5 Å². The molecule has 146 valence electrons. The number of halogens is 3. The minimum absolute atomic E-state index is 0.260. The van der Waals surface area contributed by atoms with Crippen LogP contribution in [0, 0.1) is 0 Å². The third kappa shape index (κ3) is 3.76. The summed E-state index contributed by atoms with van der Waals surface area (Å²) >= 11 is 0. The first-order chi connectivity index (χ1) is 13.4. The van der Waals surface area contributed by atoms with Gasteiger partial charge in [0.2, 0.25) is 0 Å². The Morgan fingerprint density at radius 3 is 2.61 bits per heavy atom. The van der Waals surface area contributed by atoms with Crippen LogP contribution < -0.4 is 14.8 Å². The van der Waals surface area contributed by atoms with Crippen LogP contribution in [-0.2, 0) is 12.8 Å². The van der Waals surface area contributed by atoms with Crippen LogP contribution >= 0.6 is 0 Å². The number of hydrogen-bond acceptors (Lipinski definition) is 4. The molecule has 1 aromatic heterocycles. The average Bonchev–Trinajstić information content (AvgIpc) is 3.25. The van der Waals surface area contributed by atoms with E-state index in [1.807, 2.05) is 24.3 Å². The summed E-state index contributed by atoms with van der Waals surface area (Å²) in [5.74, 6) is 1.40. The Hall–Kier alpha value is -3.16. The summed E-state index contributed by atoms with van der Waals surface area (Å²) in [6, 6.07) is 13.5. The van der Waals surface area contributed by atoms with E-state index in [9.17, 15) is 13.2 Å². The molecule has 0 atom stereocenters. The number of nitrogens with zero attached hydrogens (tertiary/aromatic N) is 2. The van der Waals surface area contributed by atoms with E-state index in [2.05, 4.69) is 10.1 Å². The van der Waals surface area contributed by atoms with E-state index < -0.39 is 6.36 Å². The monoisotopic (exact) mass is 389 g/mol. The van der Waals surface area contributed by atoms with Crippen molar-refractivity contribution in [3.63, 3.8) is 0 Å². The first kappa shape index (κ1) is 18.2. The van der Waals surface area contributed by atoms with E-state index in [1.165, 1.54) is 12.1 Å². The van der Waals surface area contributed by atoms with E-state index >= 15 is 0 Å². The van der Waals surface area contributed by atoms with E-state index in [1.54, 1.807) is 23.9 Å². The van der Waals surface area contributed by atoms with E-state index in [0.29, 0.717) is 12.1 Å². The van der Waals surface area contributed by atoms with Gasteiger partial charge in [-0.3, -0.25) is 0 Å². The Morgan fingerprint density at radius 1 is 1.11 bits per heavy atom. The molecular weight excluding hydrogens is 371 g/mol. The molecule has 8 heteroatoms. The maximum Gasteiger partial charge on any atom is 0.573 e. The van der Waals surface area contributed by atoms with Gasteiger partial charge in [-0.15, -0.1) is 13.2 Å². The molecule has 28 heavy (non-hydrogen) atoms. The molecule has 0 fully saturated rings.